The lowest BCUT2D eigenvalue weighted by Crippen LogP contribution is -2.40. The van der Waals surface area contributed by atoms with Gasteiger partial charge < -0.3 is 10.6 Å². The number of benzene rings is 2. The minimum Gasteiger partial charge on any atom is -0.406 e. The number of nitrogens with zero attached hydrogens (tertiary/aromatic N) is 3. The predicted molar refractivity (Wildman–Crippen MR) is 161 cm³/mol. The van der Waals surface area contributed by atoms with Crippen molar-refractivity contribution in [3.05, 3.63) is 122 Å². The van der Waals surface area contributed by atoms with Gasteiger partial charge in [0.2, 0.25) is 0 Å². The number of alkyl halides is 5. The van der Waals surface area contributed by atoms with Crippen molar-refractivity contribution in [2.75, 3.05) is 6.54 Å². The van der Waals surface area contributed by atoms with Crippen molar-refractivity contribution in [2.45, 2.75) is 39.0 Å². The first-order valence-electron chi connectivity index (χ1n) is 13.0. The van der Waals surface area contributed by atoms with Gasteiger partial charge in [-0.3, -0.25) is 9.99 Å². The number of halogens is 7. The van der Waals surface area contributed by atoms with E-state index < -0.39 is 53.4 Å². The van der Waals surface area contributed by atoms with Gasteiger partial charge in [0, 0.05) is 24.4 Å². The van der Waals surface area contributed by atoms with E-state index in [0.29, 0.717) is 17.2 Å². The highest BCUT2D eigenvalue weighted by Gasteiger charge is 2.45. The molecule has 1 atom stereocenters. The second-order valence-corrected chi connectivity index (χ2v) is 8.07. The summed E-state index contributed by atoms with van der Waals surface area (Å²) in [7, 11) is 0. The lowest BCUT2D eigenvalue weighted by molar-refractivity contribution is -0.274. The average Bonchev–Trinajstić information content (AvgIpc) is 2.99. The molecule has 2 aromatic carbocycles. The molecule has 0 amide bonds. The molecule has 6 nitrogen and oxygen atoms in total. The molecule has 44 heavy (non-hydrogen) atoms. The van der Waals surface area contributed by atoms with Gasteiger partial charge in [0.1, 0.15) is 29.4 Å². The standard InChI is InChI=1S/C22H18F7N5O.C5H8.C2H6.C2H4/c23-15-4-7-17(19(24)9-15)18(11-34(31)12-33-30)21(25,26)20-8-3-14(10-32-20)13-1-5-16(6-2-13)35-22(27,28)29;1-3-5-4-2;2*1-2/h1-10,12,18H,11,30-31H2;3-5H,1H2,2H3;1-2H3;1-2H2/b33-12-;5-4-;;/t18-;;;/m0.../s1. The number of hydrazine groups is 1. The molecular weight excluding hydrogens is 591 g/mol. The zero-order chi connectivity index (χ0) is 33.9. The van der Waals surface area contributed by atoms with Crippen molar-refractivity contribution in [2.24, 2.45) is 16.8 Å². The van der Waals surface area contributed by atoms with Crippen LogP contribution in [0.3, 0.4) is 0 Å². The lowest BCUT2D eigenvalue weighted by Gasteiger charge is -2.29. The zero-order valence-electron chi connectivity index (χ0n) is 24.5. The van der Waals surface area contributed by atoms with Crippen molar-refractivity contribution in [3.63, 3.8) is 0 Å². The van der Waals surface area contributed by atoms with Gasteiger partial charge in [-0.2, -0.15) is 13.9 Å². The summed E-state index contributed by atoms with van der Waals surface area (Å²) in [5, 5.41) is 3.86. The molecule has 1 heterocycles. The third-order valence-corrected chi connectivity index (χ3v) is 5.24. The van der Waals surface area contributed by atoms with E-state index in [4.69, 9.17) is 11.7 Å². The Morgan fingerprint density at radius 3 is 2.00 bits per heavy atom. The summed E-state index contributed by atoms with van der Waals surface area (Å²) in [6.45, 7) is 14.8. The highest BCUT2D eigenvalue weighted by molar-refractivity contribution is 5.63. The second kappa shape index (κ2) is 19.5. The summed E-state index contributed by atoms with van der Waals surface area (Å²) in [5.74, 6) is 2.28. The molecule has 4 N–H and O–H groups in total. The van der Waals surface area contributed by atoms with Crippen LogP contribution >= 0.6 is 0 Å². The molecule has 0 bridgehead atoms. The molecule has 0 radical (unpaired) electrons. The predicted octanol–water partition coefficient (Wildman–Crippen LogP) is 8.46. The molecule has 0 aliphatic heterocycles. The third-order valence-electron chi connectivity index (χ3n) is 5.24. The van der Waals surface area contributed by atoms with Gasteiger partial charge in [0.25, 0.3) is 5.92 Å². The highest BCUT2D eigenvalue weighted by atomic mass is 19.4. The Morgan fingerprint density at radius 2 is 1.57 bits per heavy atom. The molecule has 0 fully saturated rings. The molecule has 3 rings (SSSR count). The van der Waals surface area contributed by atoms with Crippen LogP contribution in [0.2, 0.25) is 0 Å². The van der Waals surface area contributed by atoms with E-state index in [2.05, 4.69) is 34.6 Å². The van der Waals surface area contributed by atoms with Gasteiger partial charge in [0.15, 0.2) is 0 Å². The van der Waals surface area contributed by atoms with Crippen LogP contribution in [0.5, 0.6) is 5.75 Å². The maximum absolute atomic E-state index is 15.5. The summed E-state index contributed by atoms with van der Waals surface area (Å²) in [6.07, 6.45) is 2.66. The molecule has 0 aliphatic carbocycles. The number of aromatic nitrogens is 1. The van der Waals surface area contributed by atoms with E-state index in [1.807, 2.05) is 32.9 Å². The van der Waals surface area contributed by atoms with Gasteiger partial charge in [0.05, 0.1) is 5.92 Å². The van der Waals surface area contributed by atoms with Crippen LogP contribution in [-0.2, 0) is 5.92 Å². The van der Waals surface area contributed by atoms with Gasteiger partial charge in [-0.15, -0.1) is 26.3 Å². The van der Waals surface area contributed by atoms with Crippen molar-refractivity contribution in [3.8, 4) is 16.9 Å². The zero-order valence-corrected chi connectivity index (χ0v) is 24.5. The van der Waals surface area contributed by atoms with E-state index in [-0.39, 0.29) is 0 Å². The first-order chi connectivity index (χ1) is 20.8. The molecule has 0 saturated carbocycles. The molecular formula is C31H36F7N5O. The summed E-state index contributed by atoms with van der Waals surface area (Å²) < 4.78 is 99.5. The van der Waals surface area contributed by atoms with Gasteiger partial charge in [-0.25, -0.2) is 14.6 Å². The summed E-state index contributed by atoms with van der Waals surface area (Å²) in [5.41, 5.74) is -0.549. The molecule has 3 aromatic rings. The minimum atomic E-state index is -4.86. The maximum atomic E-state index is 15.5. The number of allylic oxidation sites excluding steroid dienone is 3. The Bertz CT molecular complexity index is 1310. The first-order valence-corrected chi connectivity index (χ1v) is 13.0. The number of rotatable bonds is 9. The quantitative estimate of drug-likeness (QED) is 0.0473. The lowest BCUT2D eigenvalue weighted by atomic mass is 9.89. The van der Waals surface area contributed by atoms with Crippen LogP contribution in [0.25, 0.3) is 11.1 Å². The van der Waals surface area contributed by atoms with Crippen molar-refractivity contribution < 1.29 is 35.5 Å². The number of ether oxygens (including phenoxy) is 1. The highest BCUT2D eigenvalue weighted by Crippen LogP contribution is 2.43. The van der Waals surface area contributed by atoms with Crippen molar-refractivity contribution >= 4 is 6.34 Å². The van der Waals surface area contributed by atoms with Crippen LogP contribution in [0.15, 0.2) is 104 Å². The van der Waals surface area contributed by atoms with Gasteiger partial charge in [-0.1, -0.05) is 62.9 Å². The monoisotopic (exact) mass is 627 g/mol. The smallest absolute Gasteiger partial charge is 0.406 e. The summed E-state index contributed by atoms with van der Waals surface area (Å²) in [4.78, 5) is 3.78. The number of hydrogen-bond acceptors (Lipinski definition) is 5. The topological polar surface area (TPSA) is 89.8 Å². The van der Waals surface area contributed by atoms with Gasteiger partial charge >= 0.3 is 6.36 Å². The summed E-state index contributed by atoms with van der Waals surface area (Å²) >= 11 is 0. The Labute approximate surface area is 252 Å². The summed E-state index contributed by atoms with van der Waals surface area (Å²) in [6, 6.07) is 9.17. The molecule has 0 spiro atoms. The SMILES string of the molecule is C=C.C=C/C=C\C.CC.N/N=C\N(N)C[C@@H](c1ccc(F)cc1F)C(F)(F)c1ccc(-c2ccc(OC(F)(F)F)cc2)cn1. The van der Waals surface area contributed by atoms with E-state index in [1.54, 1.807) is 6.08 Å². The fourth-order valence-electron chi connectivity index (χ4n) is 3.46. The Hall–Kier alpha value is -4.65. The van der Waals surface area contributed by atoms with Crippen LogP contribution in [0.1, 0.15) is 37.9 Å². The molecule has 0 aliphatic rings. The molecule has 240 valence electrons. The van der Waals surface area contributed by atoms with Crippen LogP contribution in [-0.4, -0.2) is 29.2 Å². The number of nitrogens with two attached hydrogens (primary N) is 2. The molecule has 13 heteroatoms. The maximum Gasteiger partial charge on any atom is 0.573 e. The second-order valence-electron chi connectivity index (χ2n) is 8.07. The van der Waals surface area contributed by atoms with E-state index in [9.17, 15) is 22.0 Å². The van der Waals surface area contributed by atoms with Crippen LogP contribution in [0, 0.1) is 11.6 Å². The van der Waals surface area contributed by atoms with Crippen LogP contribution in [0.4, 0.5) is 30.7 Å². The Kier molecular flexibility index (Phi) is 17.5. The number of hydrazone groups is 1. The number of hydrogen-bond donors (Lipinski definition) is 2. The van der Waals surface area contributed by atoms with E-state index in [0.717, 1.165) is 47.9 Å². The Balaban J connectivity index is 0.00000183. The number of pyridine rings is 1. The third kappa shape index (κ3) is 12.7. The molecule has 0 unspecified atom stereocenters. The Morgan fingerprint density at radius 1 is 0.977 bits per heavy atom. The van der Waals surface area contributed by atoms with Crippen molar-refractivity contribution in [1.29, 1.82) is 0 Å². The van der Waals surface area contributed by atoms with Gasteiger partial charge in [-0.05, 0) is 42.3 Å². The largest absolute Gasteiger partial charge is 0.573 e. The fourth-order valence-corrected chi connectivity index (χ4v) is 3.46. The fraction of sp³-hybridized carbons (Fsp3) is 0.226. The normalized spacial score (nSPS) is 11.7. The minimum absolute atomic E-state index is 0.323. The molecule has 1 aromatic heterocycles. The van der Waals surface area contributed by atoms with E-state index in [1.165, 1.54) is 18.2 Å². The average molecular weight is 628 g/mol. The first kappa shape index (κ1) is 39.4. The molecule has 0 saturated heterocycles. The van der Waals surface area contributed by atoms with E-state index >= 15 is 8.78 Å². The van der Waals surface area contributed by atoms with Crippen molar-refractivity contribution in [1.82, 2.24) is 9.99 Å². The van der Waals surface area contributed by atoms with Crippen LogP contribution < -0.4 is 16.4 Å².